The van der Waals surface area contributed by atoms with Gasteiger partial charge in [0, 0.05) is 5.56 Å². The lowest BCUT2D eigenvalue weighted by molar-refractivity contribution is -0.153. The average molecular weight is 382 g/mol. The Morgan fingerprint density at radius 3 is 2.04 bits per heavy atom. The Kier molecular flexibility index (Phi) is 5.56. The third-order valence-corrected chi connectivity index (χ3v) is 3.58. The van der Waals surface area contributed by atoms with Crippen molar-refractivity contribution in [3.8, 4) is 16.9 Å². The molecule has 0 amide bonds. The zero-order valence-electron chi connectivity index (χ0n) is 12.6. The van der Waals surface area contributed by atoms with Crippen molar-refractivity contribution in [2.24, 2.45) is 0 Å². The summed E-state index contributed by atoms with van der Waals surface area (Å²) < 4.78 is 80.1. The van der Waals surface area contributed by atoms with Crippen LogP contribution in [-0.2, 0) is 12.6 Å². The second kappa shape index (κ2) is 7.15. The van der Waals surface area contributed by atoms with Gasteiger partial charge >= 0.3 is 12.4 Å². The minimum atomic E-state index is -4.58. The third-order valence-electron chi connectivity index (χ3n) is 3.30. The second-order valence-electron chi connectivity index (χ2n) is 5.18. The molecule has 8 heteroatoms. The van der Waals surface area contributed by atoms with Crippen LogP contribution < -0.4 is 4.74 Å². The quantitative estimate of drug-likeness (QED) is 0.561. The summed E-state index contributed by atoms with van der Waals surface area (Å²) in [4.78, 5) is 0. The van der Waals surface area contributed by atoms with Crippen molar-refractivity contribution in [1.82, 2.24) is 0 Å². The lowest BCUT2D eigenvalue weighted by atomic mass is 9.99. The number of halogens is 7. The predicted molar refractivity (Wildman–Crippen MR) is 82.5 cm³/mol. The van der Waals surface area contributed by atoms with Gasteiger partial charge in [-0.25, -0.2) is 0 Å². The van der Waals surface area contributed by atoms with Crippen LogP contribution in [0.3, 0.4) is 0 Å². The van der Waals surface area contributed by atoms with Gasteiger partial charge in [-0.3, -0.25) is 0 Å². The number of hydrogen-bond acceptors (Lipinski definition) is 1. The molecule has 2 aromatic carbocycles. The topological polar surface area (TPSA) is 9.23 Å². The fraction of sp³-hybridized carbons (Fsp3) is 0.235. The van der Waals surface area contributed by atoms with Gasteiger partial charge < -0.3 is 4.74 Å². The molecule has 0 unspecified atom stereocenters. The molecule has 0 fully saturated rings. The molecule has 0 heterocycles. The van der Waals surface area contributed by atoms with E-state index in [2.05, 4.69) is 6.92 Å². The predicted octanol–water partition coefficient (Wildman–Crippen LogP) is 6.34. The van der Waals surface area contributed by atoms with Crippen molar-refractivity contribution in [3.05, 3.63) is 59.5 Å². The number of hydrogen-bond donors (Lipinski definition) is 0. The van der Waals surface area contributed by atoms with Crippen LogP contribution in [0.25, 0.3) is 11.1 Å². The molecule has 0 saturated carbocycles. The zero-order chi connectivity index (χ0) is 18.8. The van der Waals surface area contributed by atoms with E-state index in [9.17, 15) is 26.3 Å². The van der Waals surface area contributed by atoms with E-state index in [0.29, 0.717) is 12.0 Å². The summed E-state index contributed by atoms with van der Waals surface area (Å²) in [7, 11) is 0. The van der Waals surface area contributed by atoms with Crippen molar-refractivity contribution in [2.45, 2.75) is 18.8 Å². The van der Waals surface area contributed by atoms with E-state index in [1.54, 1.807) is 0 Å². The summed E-state index contributed by atoms with van der Waals surface area (Å²) in [5, 5.41) is -0.0692. The van der Waals surface area contributed by atoms with E-state index in [1.165, 1.54) is 12.1 Å². The van der Waals surface area contributed by atoms with E-state index >= 15 is 0 Å². The maximum absolute atomic E-state index is 12.7. The molecule has 0 spiro atoms. The molecule has 135 valence electrons. The smallest absolute Gasteiger partial charge is 0.422 e. The van der Waals surface area contributed by atoms with Gasteiger partial charge in [-0.15, -0.1) is 0 Å². The first kappa shape index (κ1) is 19.4. The van der Waals surface area contributed by atoms with E-state index in [-0.39, 0.29) is 21.9 Å². The highest BCUT2D eigenvalue weighted by atomic mass is 35.5. The van der Waals surface area contributed by atoms with Crippen molar-refractivity contribution in [1.29, 1.82) is 0 Å². The van der Waals surface area contributed by atoms with Gasteiger partial charge in [-0.05, 0) is 48.7 Å². The Balaban J connectivity index is 2.48. The summed E-state index contributed by atoms with van der Waals surface area (Å²) in [6.45, 7) is 2.10. The van der Waals surface area contributed by atoms with Crippen LogP contribution in [0.1, 0.15) is 11.1 Å². The van der Waals surface area contributed by atoms with E-state index in [4.69, 9.17) is 16.3 Å². The molecule has 1 radical (unpaired) electrons. The van der Waals surface area contributed by atoms with Crippen LogP contribution in [0.5, 0.6) is 5.75 Å². The molecule has 0 aliphatic rings. The van der Waals surface area contributed by atoms with Gasteiger partial charge in [0.25, 0.3) is 0 Å². The van der Waals surface area contributed by atoms with Gasteiger partial charge in [-0.1, -0.05) is 23.7 Å². The fourth-order valence-electron chi connectivity index (χ4n) is 2.15. The van der Waals surface area contributed by atoms with Gasteiger partial charge in [0.1, 0.15) is 5.75 Å². The van der Waals surface area contributed by atoms with Crippen molar-refractivity contribution in [2.75, 3.05) is 6.61 Å². The normalized spacial score (nSPS) is 12.3. The fourth-order valence-corrected chi connectivity index (χ4v) is 2.44. The Morgan fingerprint density at radius 2 is 1.56 bits per heavy atom. The minimum Gasteiger partial charge on any atom is -0.482 e. The van der Waals surface area contributed by atoms with Crippen LogP contribution in [0.15, 0.2) is 36.4 Å². The first-order valence-corrected chi connectivity index (χ1v) is 7.38. The molecule has 0 saturated heterocycles. The maximum atomic E-state index is 12.7. The summed E-state index contributed by atoms with van der Waals surface area (Å²) in [5.41, 5.74) is 0.166. The standard InChI is InChI=1S/C17H12ClF6O/c1-2-10-7-13(11-3-5-12(6-4-11)17(22,23)24)15(14(18)8-10)25-9-16(19,20)21/h3-8H,1-2,9H2. The molecular weight excluding hydrogens is 370 g/mol. The Bertz CT molecular complexity index is 735. The highest BCUT2D eigenvalue weighted by molar-refractivity contribution is 6.32. The molecule has 0 N–H and O–H groups in total. The monoisotopic (exact) mass is 381 g/mol. The molecule has 1 nitrogen and oxygen atoms in total. The summed E-state index contributed by atoms with van der Waals surface area (Å²) >= 11 is 6.00. The molecule has 25 heavy (non-hydrogen) atoms. The van der Waals surface area contributed by atoms with Crippen LogP contribution >= 0.6 is 11.6 Å². The first-order valence-electron chi connectivity index (χ1n) is 7.00. The van der Waals surface area contributed by atoms with E-state index in [1.807, 2.05) is 0 Å². The van der Waals surface area contributed by atoms with Crippen molar-refractivity contribution in [3.63, 3.8) is 0 Å². The van der Waals surface area contributed by atoms with Gasteiger partial charge in [0.05, 0.1) is 10.6 Å². The molecular formula is C17H12ClF6O. The SMILES string of the molecule is [CH2]Cc1cc(Cl)c(OCC(F)(F)F)c(-c2ccc(C(F)(F)F)cc2)c1. The Labute approximate surface area is 145 Å². The zero-order valence-corrected chi connectivity index (χ0v) is 13.4. The Hall–Kier alpha value is -1.89. The van der Waals surface area contributed by atoms with Crippen molar-refractivity contribution < 1.29 is 31.1 Å². The van der Waals surface area contributed by atoms with Crippen molar-refractivity contribution >= 4 is 11.6 Å². The molecule has 0 aliphatic heterocycles. The average Bonchev–Trinajstić information content (AvgIpc) is 2.51. The summed E-state index contributed by atoms with van der Waals surface area (Å²) in [5.74, 6) is -0.240. The summed E-state index contributed by atoms with van der Waals surface area (Å²) in [6, 6.07) is 6.89. The highest BCUT2D eigenvalue weighted by Gasteiger charge is 2.31. The van der Waals surface area contributed by atoms with Crippen LogP contribution in [0.2, 0.25) is 5.02 Å². The second-order valence-corrected chi connectivity index (χ2v) is 5.59. The molecule has 0 aliphatic carbocycles. The number of alkyl halides is 6. The third kappa shape index (κ3) is 5.04. The maximum Gasteiger partial charge on any atom is 0.422 e. The van der Waals surface area contributed by atoms with Gasteiger partial charge in [-0.2, -0.15) is 26.3 Å². The summed E-state index contributed by atoms with van der Waals surface area (Å²) in [6.07, 6.45) is -8.79. The van der Waals surface area contributed by atoms with Gasteiger partial charge in [0.2, 0.25) is 0 Å². The molecule has 2 rings (SSSR count). The van der Waals surface area contributed by atoms with Crippen LogP contribution in [-0.4, -0.2) is 12.8 Å². The highest BCUT2D eigenvalue weighted by Crippen LogP contribution is 2.39. The minimum absolute atomic E-state index is 0.0692. The van der Waals surface area contributed by atoms with E-state index < -0.39 is 24.5 Å². The molecule has 2 aromatic rings. The first-order chi connectivity index (χ1) is 11.5. The Morgan fingerprint density at radius 1 is 0.960 bits per heavy atom. The number of ether oxygens (including phenoxy) is 1. The lowest BCUT2D eigenvalue weighted by Gasteiger charge is -2.17. The number of benzene rings is 2. The molecule has 0 bridgehead atoms. The van der Waals surface area contributed by atoms with Gasteiger partial charge in [0.15, 0.2) is 6.61 Å². The van der Waals surface area contributed by atoms with E-state index in [0.717, 1.165) is 24.3 Å². The van der Waals surface area contributed by atoms with Crippen LogP contribution in [0.4, 0.5) is 26.3 Å². The molecule has 0 atom stereocenters. The number of rotatable bonds is 4. The van der Waals surface area contributed by atoms with Crippen LogP contribution in [0, 0.1) is 6.92 Å². The lowest BCUT2D eigenvalue weighted by Crippen LogP contribution is -2.19. The molecule has 0 aromatic heterocycles. The largest absolute Gasteiger partial charge is 0.482 e.